The average molecular weight is 308 g/mol. The van der Waals surface area contributed by atoms with Crippen LogP contribution in [-0.4, -0.2) is 5.91 Å². The van der Waals surface area contributed by atoms with Crippen molar-refractivity contribution in [2.45, 2.75) is 32.1 Å². The van der Waals surface area contributed by atoms with Gasteiger partial charge in [-0.05, 0) is 61.3 Å². The molecule has 0 aromatic heterocycles. The van der Waals surface area contributed by atoms with E-state index in [0.717, 1.165) is 22.0 Å². The fourth-order valence-electron chi connectivity index (χ4n) is 3.61. The van der Waals surface area contributed by atoms with Gasteiger partial charge in [0.1, 0.15) is 0 Å². The van der Waals surface area contributed by atoms with Crippen molar-refractivity contribution in [2.75, 3.05) is 5.32 Å². The summed E-state index contributed by atoms with van der Waals surface area (Å²) < 4.78 is 1.04. The summed E-state index contributed by atoms with van der Waals surface area (Å²) in [5.41, 5.74) is 0.895. The molecule has 0 unspecified atom stereocenters. The summed E-state index contributed by atoms with van der Waals surface area (Å²) in [7, 11) is 0. The van der Waals surface area contributed by atoms with Crippen LogP contribution in [0.3, 0.4) is 0 Å². The second-order valence-electron chi connectivity index (χ2n) is 5.69. The second-order valence-corrected chi connectivity index (χ2v) is 6.61. The van der Waals surface area contributed by atoms with E-state index in [1.807, 2.05) is 24.3 Å². The molecule has 1 aromatic carbocycles. The third kappa shape index (κ3) is 2.61. The van der Waals surface area contributed by atoms with Gasteiger partial charge in [0.2, 0.25) is 5.91 Å². The van der Waals surface area contributed by atoms with Crippen LogP contribution in [0.5, 0.6) is 0 Å². The molecule has 0 saturated heterocycles. The molecule has 3 rings (SSSR count). The lowest BCUT2D eigenvalue weighted by Gasteiger charge is -2.20. The maximum Gasteiger partial charge on any atom is 0.224 e. The predicted octanol–water partition coefficient (Wildman–Crippen LogP) is 4.21. The van der Waals surface area contributed by atoms with Crippen molar-refractivity contribution in [3.63, 3.8) is 0 Å². The molecule has 1 aromatic rings. The first-order valence-corrected chi connectivity index (χ1v) is 7.55. The Kier molecular flexibility index (Phi) is 3.42. The van der Waals surface area contributed by atoms with Crippen molar-refractivity contribution in [1.29, 1.82) is 0 Å². The summed E-state index contributed by atoms with van der Waals surface area (Å²) in [5, 5.41) is 3.00. The van der Waals surface area contributed by atoms with Crippen LogP contribution in [-0.2, 0) is 4.79 Å². The first kappa shape index (κ1) is 12.2. The molecule has 3 atom stereocenters. The summed E-state index contributed by atoms with van der Waals surface area (Å²) in [6, 6.07) is 7.77. The molecule has 0 spiro atoms. The number of halogens is 1. The molecule has 18 heavy (non-hydrogen) atoms. The minimum absolute atomic E-state index is 0.176. The van der Waals surface area contributed by atoms with E-state index in [4.69, 9.17) is 0 Å². The van der Waals surface area contributed by atoms with Crippen LogP contribution in [0.2, 0.25) is 0 Å². The lowest BCUT2D eigenvalue weighted by atomic mass is 9.86. The van der Waals surface area contributed by atoms with Gasteiger partial charge in [0.15, 0.2) is 0 Å². The van der Waals surface area contributed by atoms with E-state index < -0.39 is 0 Å². The number of anilines is 1. The van der Waals surface area contributed by atoms with Gasteiger partial charge in [-0.1, -0.05) is 22.4 Å². The van der Waals surface area contributed by atoms with Crippen molar-refractivity contribution in [2.24, 2.45) is 17.8 Å². The average Bonchev–Trinajstić information content (AvgIpc) is 2.94. The highest BCUT2D eigenvalue weighted by Crippen LogP contribution is 2.49. The number of hydrogen-bond acceptors (Lipinski definition) is 1. The monoisotopic (exact) mass is 307 g/mol. The molecule has 1 amide bonds. The molecule has 2 aliphatic carbocycles. The molecule has 0 aliphatic heterocycles. The molecule has 0 radical (unpaired) electrons. The summed E-state index contributed by atoms with van der Waals surface area (Å²) in [6.45, 7) is 0. The van der Waals surface area contributed by atoms with Gasteiger partial charge in [0.25, 0.3) is 0 Å². The molecule has 2 saturated carbocycles. The largest absolute Gasteiger partial charge is 0.326 e. The number of hydrogen-bond donors (Lipinski definition) is 1. The van der Waals surface area contributed by atoms with Crippen LogP contribution >= 0.6 is 15.9 Å². The third-order valence-corrected chi connectivity index (χ3v) is 4.99. The molecule has 2 nitrogen and oxygen atoms in total. The molecule has 0 heterocycles. The maximum absolute atomic E-state index is 12.0. The second kappa shape index (κ2) is 5.04. The summed E-state index contributed by atoms with van der Waals surface area (Å²) in [5.74, 6) is 2.56. The summed E-state index contributed by atoms with van der Waals surface area (Å²) >= 11 is 3.39. The van der Waals surface area contributed by atoms with Crippen molar-refractivity contribution in [1.82, 2.24) is 0 Å². The van der Waals surface area contributed by atoms with Gasteiger partial charge in [-0.2, -0.15) is 0 Å². The zero-order valence-electron chi connectivity index (χ0n) is 10.4. The minimum Gasteiger partial charge on any atom is -0.326 e. The molecule has 2 aliphatic rings. The van der Waals surface area contributed by atoms with E-state index >= 15 is 0 Å². The van der Waals surface area contributed by atoms with Gasteiger partial charge < -0.3 is 5.32 Å². The van der Waals surface area contributed by atoms with Gasteiger partial charge >= 0.3 is 0 Å². The zero-order valence-corrected chi connectivity index (χ0v) is 11.9. The van der Waals surface area contributed by atoms with Crippen LogP contribution < -0.4 is 5.32 Å². The number of benzene rings is 1. The normalized spacial score (nSPS) is 29.5. The highest BCUT2D eigenvalue weighted by molar-refractivity contribution is 9.10. The highest BCUT2D eigenvalue weighted by atomic mass is 79.9. The quantitative estimate of drug-likeness (QED) is 0.890. The fraction of sp³-hybridized carbons (Fsp3) is 0.533. The van der Waals surface area contributed by atoms with Crippen molar-refractivity contribution in [3.8, 4) is 0 Å². The lowest BCUT2D eigenvalue weighted by Crippen LogP contribution is -2.20. The number of amides is 1. The first-order valence-electron chi connectivity index (χ1n) is 6.76. The number of carbonyl (C=O) groups excluding carboxylic acids is 1. The molecule has 1 N–H and O–H groups in total. The molecule has 2 bridgehead atoms. The summed E-state index contributed by atoms with van der Waals surface area (Å²) in [6.07, 6.45) is 6.10. The number of nitrogens with one attached hydrogen (secondary N) is 1. The van der Waals surface area contributed by atoms with Crippen LogP contribution in [0.4, 0.5) is 5.69 Å². The van der Waals surface area contributed by atoms with Crippen LogP contribution in [0.25, 0.3) is 0 Å². The highest BCUT2D eigenvalue weighted by Gasteiger charge is 2.40. The summed E-state index contributed by atoms with van der Waals surface area (Å²) in [4.78, 5) is 12.0. The Morgan fingerprint density at radius 1 is 1.22 bits per heavy atom. The van der Waals surface area contributed by atoms with E-state index in [0.29, 0.717) is 12.3 Å². The molecule has 3 heteroatoms. The molecular weight excluding hydrogens is 290 g/mol. The Balaban J connectivity index is 1.54. The van der Waals surface area contributed by atoms with Gasteiger partial charge in [0.05, 0.1) is 0 Å². The molecule has 2 fully saturated rings. The van der Waals surface area contributed by atoms with Crippen LogP contribution in [0.1, 0.15) is 32.1 Å². The van der Waals surface area contributed by atoms with Crippen molar-refractivity contribution in [3.05, 3.63) is 28.7 Å². The number of carbonyl (C=O) groups is 1. The van der Waals surface area contributed by atoms with E-state index in [2.05, 4.69) is 21.2 Å². The molecular formula is C15H18BrNO. The maximum atomic E-state index is 12.0. The molecule has 96 valence electrons. The Morgan fingerprint density at radius 2 is 2.00 bits per heavy atom. The van der Waals surface area contributed by atoms with Gasteiger partial charge in [-0.15, -0.1) is 0 Å². The SMILES string of the molecule is O=C(C[C@H]1C[C@H]2CC[C@@H]1C2)Nc1ccc(Br)cc1. The zero-order chi connectivity index (χ0) is 12.5. The Morgan fingerprint density at radius 3 is 2.61 bits per heavy atom. The van der Waals surface area contributed by atoms with Crippen molar-refractivity contribution >= 4 is 27.5 Å². The van der Waals surface area contributed by atoms with E-state index in [1.54, 1.807) is 0 Å². The fourth-order valence-corrected chi connectivity index (χ4v) is 3.87. The van der Waals surface area contributed by atoms with Crippen molar-refractivity contribution < 1.29 is 4.79 Å². The number of fused-ring (bicyclic) bond motifs is 2. The standard InChI is InChI=1S/C15H18BrNO/c16-13-3-5-14(6-4-13)17-15(18)9-12-8-10-1-2-11(12)7-10/h3-6,10-12H,1-2,7-9H2,(H,17,18)/t10-,11+,12+/m0/s1. The number of rotatable bonds is 3. The minimum atomic E-state index is 0.176. The van der Waals surface area contributed by atoms with Gasteiger partial charge in [0, 0.05) is 16.6 Å². The topological polar surface area (TPSA) is 29.1 Å². The van der Waals surface area contributed by atoms with Crippen LogP contribution in [0.15, 0.2) is 28.7 Å². The van der Waals surface area contributed by atoms with Gasteiger partial charge in [-0.25, -0.2) is 0 Å². The Labute approximate surface area is 116 Å². The van der Waals surface area contributed by atoms with E-state index in [-0.39, 0.29) is 5.91 Å². The lowest BCUT2D eigenvalue weighted by molar-refractivity contribution is -0.117. The first-order chi connectivity index (χ1) is 8.70. The Bertz CT molecular complexity index is 442. The third-order valence-electron chi connectivity index (χ3n) is 4.46. The van der Waals surface area contributed by atoms with E-state index in [9.17, 15) is 4.79 Å². The van der Waals surface area contributed by atoms with E-state index in [1.165, 1.54) is 25.7 Å². The van der Waals surface area contributed by atoms with Crippen LogP contribution in [0, 0.1) is 17.8 Å². The van der Waals surface area contributed by atoms with Gasteiger partial charge in [-0.3, -0.25) is 4.79 Å². The smallest absolute Gasteiger partial charge is 0.224 e. The predicted molar refractivity (Wildman–Crippen MR) is 76.3 cm³/mol. The Hall–Kier alpha value is -0.830.